The minimum absolute atomic E-state index is 0.415. The molecule has 0 aromatic heterocycles. The van der Waals surface area contributed by atoms with Crippen LogP contribution in [-0.2, 0) is 6.18 Å². The van der Waals surface area contributed by atoms with Gasteiger partial charge in [0.25, 0.3) is 0 Å². The molecule has 0 aliphatic rings. The largest absolute Gasteiger partial charge is 0.419 e. The first-order valence-corrected chi connectivity index (χ1v) is 4.78. The Kier molecular flexibility index (Phi) is 4.24. The maximum Gasteiger partial charge on any atom is 0.419 e. The van der Waals surface area contributed by atoms with E-state index >= 15 is 0 Å². The second-order valence-electron chi connectivity index (χ2n) is 3.26. The molecule has 0 spiro atoms. The predicted octanol–water partition coefficient (Wildman–Crippen LogP) is 2.53. The summed E-state index contributed by atoms with van der Waals surface area (Å²) in [6.07, 6.45) is -4.95. The molecule has 5 nitrogen and oxygen atoms in total. The van der Waals surface area contributed by atoms with Gasteiger partial charge in [-0.25, -0.2) is 4.39 Å². The van der Waals surface area contributed by atoms with Gasteiger partial charge >= 0.3 is 6.18 Å². The molecule has 0 saturated heterocycles. The van der Waals surface area contributed by atoms with Gasteiger partial charge in [-0.2, -0.15) is 34.1 Å². The molecular formula is C11H3F4N5. The Morgan fingerprint density at radius 2 is 1.75 bits per heavy atom. The van der Waals surface area contributed by atoms with Gasteiger partial charge in [-0.3, -0.25) is 5.43 Å². The second kappa shape index (κ2) is 5.68. The first-order chi connectivity index (χ1) is 9.35. The smallest absolute Gasteiger partial charge is 0.272 e. The van der Waals surface area contributed by atoms with Crippen LogP contribution in [0.3, 0.4) is 0 Å². The summed E-state index contributed by atoms with van der Waals surface area (Å²) in [7, 11) is 0. The number of hydrazone groups is 1. The van der Waals surface area contributed by atoms with Crippen molar-refractivity contribution in [3.05, 3.63) is 29.1 Å². The van der Waals surface area contributed by atoms with Gasteiger partial charge in [-0.05, 0) is 12.1 Å². The van der Waals surface area contributed by atoms with Crippen molar-refractivity contribution in [2.24, 2.45) is 5.10 Å². The van der Waals surface area contributed by atoms with Crippen molar-refractivity contribution in [1.82, 2.24) is 0 Å². The van der Waals surface area contributed by atoms with Crippen molar-refractivity contribution in [3.8, 4) is 18.2 Å². The Bertz CT molecular complexity index is 669. The van der Waals surface area contributed by atoms with Crippen LogP contribution < -0.4 is 5.43 Å². The Morgan fingerprint density at radius 3 is 2.20 bits per heavy atom. The molecule has 0 aliphatic carbocycles. The van der Waals surface area contributed by atoms with Crippen molar-refractivity contribution in [2.75, 3.05) is 5.43 Å². The average Bonchev–Trinajstić information content (AvgIpc) is 2.39. The maximum atomic E-state index is 13.7. The SMILES string of the molecule is N#CC(C#N)=NNc1c(C#N)ccc(C(F)(F)F)c1F. The topological polar surface area (TPSA) is 95.8 Å². The van der Waals surface area contributed by atoms with E-state index in [2.05, 4.69) is 5.10 Å². The normalized spacial score (nSPS) is 9.85. The fourth-order valence-electron chi connectivity index (χ4n) is 1.18. The quantitative estimate of drug-likeness (QED) is 0.511. The number of nitrogens with zero attached hydrogens (tertiary/aromatic N) is 4. The summed E-state index contributed by atoms with van der Waals surface area (Å²) >= 11 is 0. The highest BCUT2D eigenvalue weighted by molar-refractivity contribution is 6.10. The number of anilines is 1. The number of rotatable bonds is 2. The van der Waals surface area contributed by atoms with Crippen molar-refractivity contribution >= 4 is 11.4 Å². The molecule has 0 amide bonds. The molecule has 1 N–H and O–H groups in total. The lowest BCUT2D eigenvalue weighted by Gasteiger charge is -2.11. The van der Waals surface area contributed by atoms with Crippen LogP contribution in [0.2, 0.25) is 0 Å². The highest BCUT2D eigenvalue weighted by Gasteiger charge is 2.35. The van der Waals surface area contributed by atoms with Crippen LogP contribution in [0.15, 0.2) is 17.2 Å². The highest BCUT2D eigenvalue weighted by atomic mass is 19.4. The molecule has 0 radical (unpaired) electrons. The van der Waals surface area contributed by atoms with E-state index in [0.29, 0.717) is 6.07 Å². The minimum atomic E-state index is -4.95. The van der Waals surface area contributed by atoms with E-state index in [-0.39, 0.29) is 0 Å². The van der Waals surface area contributed by atoms with E-state index in [4.69, 9.17) is 15.8 Å². The van der Waals surface area contributed by atoms with Crippen LogP contribution >= 0.6 is 0 Å². The number of halogens is 4. The van der Waals surface area contributed by atoms with Gasteiger partial charge in [0, 0.05) is 0 Å². The van der Waals surface area contributed by atoms with E-state index in [1.54, 1.807) is 5.43 Å². The van der Waals surface area contributed by atoms with Crippen LogP contribution in [0, 0.1) is 39.8 Å². The molecule has 9 heteroatoms. The van der Waals surface area contributed by atoms with E-state index in [1.807, 2.05) is 0 Å². The summed E-state index contributed by atoms with van der Waals surface area (Å²) in [4.78, 5) is 0. The average molecular weight is 281 g/mol. The molecule has 100 valence electrons. The van der Waals surface area contributed by atoms with E-state index in [0.717, 1.165) is 6.07 Å². The summed E-state index contributed by atoms with van der Waals surface area (Å²) in [6, 6.07) is 5.28. The van der Waals surface area contributed by atoms with Crippen LogP contribution in [0.5, 0.6) is 0 Å². The highest BCUT2D eigenvalue weighted by Crippen LogP contribution is 2.35. The summed E-state index contributed by atoms with van der Waals surface area (Å²) in [5.74, 6) is -1.74. The van der Waals surface area contributed by atoms with Crippen molar-refractivity contribution in [1.29, 1.82) is 15.8 Å². The lowest BCUT2D eigenvalue weighted by molar-refractivity contribution is -0.139. The van der Waals surface area contributed by atoms with Gasteiger partial charge < -0.3 is 0 Å². The maximum absolute atomic E-state index is 13.7. The molecule has 0 saturated carbocycles. The second-order valence-corrected chi connectivity index (χ2v) is 3.26. The zero-order valence-electron chi connectivity index (χ0n) is 9.46. The number of benzene rings is 1. The first kappa shape index (κ1) is 14.9. The van der Waals surface area contributed by atoms with Gasteiger partial charge in [-0.15, -0.1) is 0 Å². The van der Waals surface area contributed by atoms with E-state index in [1.165, 1.54) is 18.2 Å². The number of alkyl halides is 3. The van der Waals surface area contributed by atoms with Gasteiger partial charge in [0.1, 0.15) is 23.9 Å². The molecule has 0 unspecified atom stereocenters. The minimum Gasteiger partial charge on any atom is -0.272 e. The molecule has 0 bridgehead atoms. The summed E-state index contributed by atoms with van der Waals surface area (Å²) in [6.45, 7) is 0. The molecule has 0 fully saturated rings. The van der Waals surface area contributed by atoms with Crippen molar-refractivity contribution < 1.29 is 17.6 Å². The summed E-state index contributed by atoms with van der Waals surface area (Å²) in [5.41, 5.74) is -1.84. The van der Waals surface area contributed by atoms with Crippen LogP contribution in [0.1, 0.15) is 11.1 Å². The molecule has 0 aliphatic heterocycles. The molecule has 20 heavy (non-hydrogen) atoms. The number of nitriles is 3. The first-order valence-electron chi connectivity index (χ1n) is 4.78. The molecule has 1 rings (SSSR count). The molecule has 1 aromatic carbocycles. The fourth-order valence-corrected chi connectivity index (χ4v) is 1.18. The van der Waals surface area contributed by atoms with Crippen LogP contribution in [-0.4, -0.2) is 5.71 Å². The Hall–Kier alpha value is -3.12. The zero-order chi connectivity index (χ0) is 15.3. The zero-order valence-corrected chi connectivity index (χ0v) is 9.46. The monoisotopic (exact) mass is 281 g/mol. The summed E-state index contributed by atoms with van der Waals surface area (Å²) < 4.78 is 51.2. The van der Waals surface area contributed by atoms with E-state index in [9.17, 15) is 17.6 Å². The van der Waals surface area contributed by atoms with E-state index < -0.39 is 34.5 Å². The lowest BCUT2D eigenvalue weighted by Crippen LogP contribution is -2.11. The van der Waals surface area contributed by atoms with Gasteiger partial charge in [0.15, 0.2) is 5.82 Å². The predicted molar refractivity (Wildman–Crippen MR) is 58.4 cm³/mol. The third-order valence-electron chi connectivity index (χ3n) is 2.06. The number of hydrogen-bond donors (Lipinski definition) is 1. The van der Waals surface area contributed by atoms with Gasteiger partial charge in [-0.1, -0.05) is 0 Å². The van der Waals surface area contributed by atoms with Gasteiger partial charge in [0.05, 0.1) is 11.1 Å². The Balaban J connectivity index is 3.39. The third kappa shape index (κ3) is 3.01. The Morgan fingerprint density at radius 1 is 1.15 bits per heavy atom. The van der Waals surface area contributed by atoms with Gasteiger partial charge in [0.2, 0.25) is 5.71 Å². The standard InChI is InChI=1S/C11H3F4N5/c12-9-8(11(13,14)15)2-1-6(3-16)10(9)20-19-7(4-17)5-18/h1-2,20H. The van der Waals surface area contributed by atoms with Crippen molar-refractivity contribution in [2.45, 2.75) is 6.18 Å². The third-order valence-corrected chi connectivity index (χ3v) is 2.06. The molecular weight excluding hydrogens is 278 g/mol. The molecule has 0 heterocycles. The van der Waals surface area contributed by atoms with Crippen molar-refractivity contribution in [3.63, 3.8) is 0 Å². The summed E-state index contributed by atoms with van der Waals surface area (Å²) in [5, 5.41) is 28.6. The number of nitrogens with one attached hydrogen (secondary N) is 1. The van der Waals surface area contributed by atoms with Crippen LogP contribution in [0.25, 0.3) is 0 Å². The van der Waals surface area contributed by atoms with Crippen LogP contribution in [0.4, 0.5) is 23.2 Å². The molecule has 1 aromatic rings. The molecule has 0 atom stereocenters. The fraction of sp³-hybridized carbons (Fsp3) is 0.0909. The number of hydrogen-bond acceptors (Lipinski definition) is 5. The lowest BCUT2D eigenvalue weighted by atomic mass is 10.1. The Labute approximate surface area is 110 Å².